The molecule has 1 aliphatic heterocycles. The molecule has 2 unspecified atom stereocenters. The van der Waals surface area contributed by atoms with Crippen LogP contribution in [0.1, 0.15) is 199 Å². The van der Waals surface area contributed by atoms with Crippen LogP contribution in [0.2, 0.25) is 0 Å². The van der Waals surface area contributed by atoms with E-state index in [-0.39, 0.29) is 13.0 Å². The summed E-state index contributed by atoms with van der Waals surface area (Å²) in [6.07, 6.45) is 16.7. The highest BCUT2D eigenvalue weighted by atomic mass is 31.3. The van der Waals surface area contributed by atoms with E-state index in [1.807, 2.05) is 0 Å². The minimum atomic E-state index is -5.75. The van der Waals surface area contributed by atoms with Crippen molar-refractivity contribution < 1.29 is 95.4 Å². The fourth-order valence-corrected chi connectivity index (χ4v) is 11.7. The summed E-state index contributed by atoms with van der Waals surface area (Å²) in [6, 6.07) is -8.49. The molecule has 1 heterocycles. The summed E-state index contributed by atoms with van der Waals surface area (Å²) in [5.74, 6) is -8.33. The summed E-state index contributed by atoms with van der Waals surface area (Å²) >= 11 is 0. The van der Waals surface area contributed by atoms with E-state index in [9.17, 15) is 72.6 Å². The minimum Gasteiger partial charge on any atom is -0.480 e. The lowest BCUT2D eigenvalue weighted by atomic mass is 9.96. The number of hydrogen-bond donors (Lipinski definition) is 12. The highest BCUT2D eigenvalue weighted by Gasteiger charge is 2.51. The molecule has 0 spiro atoms. The second-order valence-corrected chi connectivity index (χ2v) is 27.7. The van der Waals surface area contributed by atoms with Crippen molar-refractivity contribution in [1.29, 1.82) is 0 Å². The number of carbonyl (C=O) groups excluding carboxylic acids is 7. The van der Waals surface area contributed by atoms with Crippen molar-refractivity contribution in [3.05, 3.63) is 81.5 Å². The number of rotatable bonds is 47. The number of allylic oxidation sites excluding steroid dienone is 13. The van der Waals surface area contributed by atoms with Gasteiger partial charge in [0.1, 0.15) is 48.6 Å². The molecule has 0 aliphatic carbocycles. The molecule has 0 aromatic heterocycles. The third-order valence-electron chi connectivity index (χ3n) is 15.3. The fourth-order valence-electron chi connectivity index (χ4n) is 9.58. The van der Waals surface area contributed by atoms with Gasteiger partial charge in [0.25, 0.3) is 0 Å². The number of carboxylic acids is 1. The summed E-state index contributed by atoms with van der Waals surface area (Å²) in [4.78, 5) is 124. The van der Waals surface area contributed by atoms with E-state index in [1.54, 1.807) is 6.92 Å². The molecule has 95 heavy (non-hydrogen) atoms. The molecule has 0 radical (unpaired) electrons. The van der Waals surface area contributed by atoms with Gasteiger partial charge in [-0.25, -0.2) is 13.9 Å². The predicted molar refractivity (Wildman–Crippen MR) is 361 cm³/mol. The summed E-state index contributed by atoms with van der Waals surface area (Å²) in [7, 11) is -11.1. The molecule has 0 aromatic carbocycles. The Hall–Kier alpha value is -5.64. The maximum Gasteiger partial charge on any atom is 0.483 e. The first-order valence-electron chi connectivity index (χ1n) is 32.5. The second kappa shape index (κ2) is 45.8. The molecule has 29 heteroatoms. The number of ketones is 2. The Bertz CT molecular complexity index is 2850. The van der Waals surface area contributed by atoms with Crippen molar-refractivity contribution in [1.82, 2.24) is 26.6 Å². The number of hydrogen-bond acceptors (Lipinski definition) is 19. The Morgan fingerprint density at radius 2 is 1.05 bits per heavy atom. The third-order valence-corrected chi connectivity index (χ3v) is 17.9. The average Bonchev–Trinajstić information content (AvgIpc) is 0.787. The zero-order chi connectivity index (χ0) is 72.2. The van der Waals surface area contributed by atoms with Crippen molar-refractivity contribution in [2.75, 3.05) is 19.8 Å². The summed E-state index contributed by atoms with van der Waals surface area (Å²) in [5, 5.41) is 42.9. The van der Waals surface area contributed by atoms with Gasteiger partial charge in [-0.05, 0) is 192 Å². The van der Waals surface area contributed by atoms with Gasteiger partial charge in [0.15, 0.2) is 6.29 Å². The zero-order valence-corrected chi connectivity index (χ0v) is 59.7. The van der Waals surface area contributed by atoms with E-state index in [0.29, 0.717) is 25.7 Å². The number of nitrogens with two attached hydrogens (primary N) is 2. The fraction of sp³-hybridized carbons (Fsp3) is 0.667. The molecule has 1 aliphatic rings. The molecular formula is C66H111N7O20P2. The summed E-state index contributed by atoms with van der Waals surface area (Å²) in [6.45, 7) is 21.5. The van der Waals surface area contributed by atoms with E-state index in [1.165, 1.54) is 53.4 Å². The molecule has 14 N–H and O–H groups in total. The molecule has 1 fully saturated rings. The lowest BCUT2D eigenvalue weighted by Gasteiger charge is -2.44. The summed E-state index contributed by atoms with van der Waals surface area (Å²) in [5.41, 5.74) is 20.1. The Morgan fingerprint density at radius 3 is 1.49 bits per heavy atom. The number of phosphoric ester groups is 2. The van der Waals surface area contributed by atoms with Crippen LogP contribution in [0, 0.1) is 0 Å². The molecular weight excluding hydrogens is 1270 g/mol. The first-order valence-corrected chi connectivity index (χ1v) is 35.5. The first-order chi connectivity index (χ1) is 44.4. The highest BCUT2D eigenvalue weighted by Crippen LogP contribution is 2.61. The maximum absolute atomic E-state index is 13.5. The van der Waals surface area contributed by atoms with Crippen LogP contribution in [0.3, 0.4) is 0 Å². The number of unbranched alkanes of at least 4 members (excludes halogenated alkanes) is 1. The predicted octanol–water partition coefficient (Wildman–Crippen LogP) is 7.38. The number of carbonyl (C=O) groups is 8. The number of aliphatic carboxylic acids is 1. The Morgan fingerprint density at radius 1 is 0.579 bits per heavy atom. The largest absolute Gasteiger partial charge is 0.483 e. The molecule has 13 atom stereocenters. The number of amides is 5. The number of aliphatic hydroxyl groups is 2. The maximum atomic E-state index is 13.5. The van der Waals surface area contributed by atoms with E-state index in [0.717, 1.165) is 90.6 Å². The Labute approximate surface area is 561 Å². The third kappa shape index (κ3) is 37.6. The van der Waals surface area contributed by atoms with Gasteiger partial charge in [-0.1, -0.05) is 81.5 Å². The van der Waals surface area contributed by atoms with Crippen molar-refractivity contribution in [3.63, 3.8) is 0 Å². The quantitative estimate of drug-likeness (QED) is 0.0122. The number of aliphatic hydroxyl groups excluding tert-OH is 2. The Balaban J connectivity index is 2.87. The molecule has 1 rings (SSSR count). The molecule has 27 nitrogen and oxygen atoms in total. The number of nitrogens with one attached hydrogen (secondary N) is 5. The van der Waals surface area contributed by atoms with Crippen LogP contribution < -0.4 is 38.1 Å². The van der Waals surface area contributed by atoms with Crippen molar-refractivity contribution >= 4 is 62.7 Å². The number of ether oxygens (including phenoxy) is 2. The molecule has 5 amide bonds. The van der Waals surface area contributed by atoms with E-state index in [4.69, 9.17) is 30.0 Å². The van der Waals surface area contributed by atoms with Crippen LogP contribution in [0.4, 0.5) is 0 Å². The lowest BCUT2D eigenvalue weighted by molar-refractivity contribution is -0.260. The smallest absolute Gasteiger partial charge is 0.480 e. The normalized spacial score (nSPS) is 20.7. The van der Waals surface area contributed by atoms with Gasteiger partial charge in [0.2, 0.25) is 41.1 Å². The van der Waals surface area contributed by atoms with Crippen LogP contribution in [0.5, 0.6) is 0 Å². The molecule has 0 bridgehead atoms. The topological polar surface area (TPSA) is 430 Å². The average molecular weight is 1380 g/mol. The number of carboxylic acid groups (broad SMARTS) is 1. The Kier molecular flexibility index (Phi) is 42.1. The van der Waals surface area contributed by atoms with Gasteiger partial charge < -0.3 is 72.6 Å². The van der Waals surface area contributed by atoms with Crippen molar-refractivity contribution in [2.24, 2.45) is 11.5 Å². The first kappa shape index (κ1) is 87.4. The molecule has 1 saturated heterocycles. The van der Waals surface area contributed by atoms with E-state index < -0.39 is 156 Å². The van der Waals surface area contributed by atoms with Gasteiger partial charge in [-0.15, -0.1) is 0 Å². The summed E-state index contributed by atoms with van der Waals surface area (Å²) < 4.78 is 52.0. The van der Waals surface area contributed by atoms with Gasteiger partial charge in [-0.2, -0.15) is 4.31 Å². The van der Waals surface area contributed by atoms with Gasteiger partial charge >= 0.3 is 21.6 Å². The zero-order valence-electron chi connectivity index (χ0n) is 57.9. The van der Waals surface area contributed by atoms with Crippen LogP contribution >= 0.6 is 15.6 Å². The molecule has 540 valence electrons. The van der Waals surface area contributed by atoms with E-state index in [2.05, 4.69) is 116 Å². The number of Topliss-reactive ketones (excluding diaryl/α,β-unsaturated/α-hetero) is 2. The standard InChI is InChI=1S/C66H111N7O20P2/c1-41(2)22-16-23-42(3)24-17-25-43(4)26-18-27-44(5)28-19-29-45(6)30-20-31-46(7)32-21-33-47(8)37-39-89-94(85,86)93-95(87,88)92-66-57(71-52(13)75)61(60(79)55(40-74)91-66)90-51(12)59(78)58(77)49(10)69-56(76)36-35-54(65(83)84)73-64(82)53(34-14-15-38-67)72-63(81)50(11)70-62(80)48(9)68/h22,24,26,28,30,32,37,48-51,53-55,57,60-61,66,74,79H,14-21,23,25,27,29,31,33-36,38-40,67-68H2,1-13H3,(H,69,76)(H,70,80)(H,71,75)(H,72,81)(H,73,82)(H,83,84)(H,85,86)(H,87,88)/b42-24+,43-26+,44-28-,45-30-,46-32-,47-37-/t48-,49+,50-,51-,53+,54-,55-,57-,60-,61-,66-/m1/s1. The van der Waals surface area contributed by atoms with Crippen molar-refractivity contribution in [2.45, 2.75) is 266 Å². The monoisotopic (exact) mass is 1380 g/mol. The van der Waals surface area contributed by atoms with Crippen LogP contribution in [-0.4, -0.2) is 159 Å². The number of phosphoric acid groups is 2. The van der Waals surface area contributed by atoms with Crippen LogP contribution in [0.15, 0.2) is 81.5 Å². The lowest BCUT2D eigenvalue weighted by Crippen LogP contribution is -2.66. The van der Waals surface area contributed by atoms with Gasteiger partial charge in [-0.3, -0.25) is 42.6 Å². The van der Waals surface area contributed by atoms with E-state index >= 15 is 0 Å². The second-order valence-electron chi connectivity index (χ2n) is 24.7. The van der Waals surface area contributed by atoms with Gasteiger partial charge in [0, 0.05) is 13.3 Å². The highest BCUT2D eigenvalue weighted by molar-refractivity contribution is 7.61. The SMILES string of the molecule is CC(=O)N[C@H]1[C@@H](OP(=O)(O)OP(=O)(O)OC/C=C(/C)CC/C=C(/C)CC/C=C(/C)CC/C=C(/C)CC/C=C(\C)CC/C=C(\C)CCC=C(C)C)O[C@H](CO)[C@@H](O)[C@@H]1O[C@H](C)C(=O)C(=O)[C@H](C)NC(=O)CC[C@@H](NC(=O)[C@H](CCCCN)NC(=O)[C@@H](C)NC(=O)[C@@H](C)N)C(=O)O. The van der Waals surface area contributed by atoms with Gasteiger partial charge in [0.05, 0.1) is 25.3 Å². The van der Waals surface area contributed by atoms with Crippen LogP contribution in [0.25, 0.3) is 0 Å². The molecule has 0 aromatic rings. The molecule has 0 saturated carbocycles. The minimum absolute atomic E-state index is 0.0280. The van der Waals surface area contributed by atoms with Crippen molar-refractivity contribution in [3.8, 4) is 0 Å². The van der Waals surface area contributed by atoms with Crippen LogP contribution in [-0.2, 0) is 70.3 Å².